The molecule has 1 amide bonds. The third kappa shape index (κ3) is 5.21. The molecular formula is C24H36N4O2S. The smallest absolute Gasteiger partial charge is 0.261 e. The topological polar surface area (TPSA) is 68.4 Å². The first-order valence-electron chi connectivity index (χ1n) is 11.2. The summed E-state index contributed by atoms with van der Waals surface area (Å²) < 4.78 is 0. The number of aromatic amines is 1. The summed E-state index contributed by atoms with van der Waals surface area (Å²) in [6, 6.07) is 3.13. The van der Waals surface area contributed by atoms with Crippen LogP contribution in [-0.2, 0) is 6.54 Å². The molecule has 2 heterocycles. The molecule has 0 aromatic carbocycles. The molecule has 1 saturated carbocycles. The molecule has 0 radical (unpaired) electrons. The van der Waals surface area contributed by atoms with E-state index in [0.29, 0.717) is 17.6 Å². The number of pyridine rings is 1. The number of thiophene rings is 1. The quantitative estimate of drug-likeness (QED) is 0.678. The molecule has 2 N–H and O–H groups in total. The van der Waals surface area contributed by atoms with Crippen molar-refractivity contribution >= 4 is 22.9 Å². The van der Waals surface area contributed by atoms with Crippen LogP contribution in [0, 0.1) is 20.8 Å². The van der Waals surface area contributed by atoms with Gasteiger partial charge in [-0.05, 0) is 84.7 Å². The highest BCUT2D eigenvalue weighted by Crippen LogP contribution is 2.35. The summed E-state index contributed by atoms with van der Waals surface area (Å²) in [6.45, 7) is 9.18. The average molecular weight is 445 g/mol. The maximum absolute atomic E-state index is 12.9. The molecule has 0 unspecified atom stereocenters. The van der Waals surface area contributed by atoms with Crippen molar-refractivity contribution in [2.24, 2.45) is 0 Å². The van der Waals surface area contributed by atoms with Gasteiger partial charge in [0.15, 0.2) is 0 Å². The molecule has 1 fully saturated rings. The first-order chi connectivity index (χ1) is 14.7. The Bertz CT molecular complexity index is 970. The number of hydrogen-bond acceptors (Lipinski definition) is 5. The van der Waals surface area contributed by atoms with Crippen molar-refractivity contribution in [2.75, 3.05) is 25.5 Å². The summed E-state index contributed by atoms with van der Waals surface area (Å²) >= 11 is 1.50. The number of carbonyl (C=O) groups excluding carboxylic acids is 1. The molecule has 0 bridgehead atoms. The van der Waals surface area contributed by atoms with Crippen molar-refractivity contribution in [2.45, 2.75) is 72.0 Å². The summed E-state index contributed by atoms with van der Waals surface area (Å²) in [7, 11) is 4.34. The summed E-state index contributed by atoms with van der Waals surface area (Å²) in [4.78, 5) is 33.5. The molecule has 7 heteroatoms. The third-order valence-corrected chi connectivity index (χ3v) is 7.69. The van der Waals surface area contributed by atoms with Crippen molar-refractivity contribution in [3.05, 3.63) is 49.1 Å². The number of rotatable bonds is 7. The van der Waals surface area contributed by atoms with E-state index >= 15 is 0 Å². The number of carbonyl (C=O) groups is 1. The van der Waals surface area contributed by atoms with E-state index in [2.05, 4.69) is 46.5 Å². The van der Waals surface area contributed by atoms with Crippen LogP contribution in [0.1, 0.15) is 64.7 Å². The van der Waals surface area contributed by atoms with Crippen LogP contribution in [-0.4, -0.2) is 48.5 Å². The minimum atomic E-state index is -0.133. The highest BCUT2D eigenvalue weighted by molar-refractivity contribution is 7.12. The van der Waals surface area contributed by atoms with Crippen LogP contribution in [0.3, 0.4) is 0 Å². The molecule has 1 aliphatic carbocycles. The molecule has 0 spiro atoms. The number of aryl methyl sites for hydroxylation is 2. The molecular weight excluding hydrogens is 408 g/mol. The molecule has 0 saturated heterocycles. The molecule has 31 heavy (non-hydrogen) atoms. The fourth-order valence-electron chi connectivity index (χ4n) is 4.78. The second-order valence-electron chi connectivity index (χ2n) is 8.91. The zero-order valence-electron chi connectivity index (χ0n) is 19.7. The van der Waals surface area contributed by atoms with Gasteiger partial charge in [0.2, 0.25) is 0 Å². The van der Waals surface area contributed by atoms with E-state index in [-0.39, 0.29) is 18.0 Å². The number of hydrogen-bond donors (Lipinski definition) is 2. The summed E-state index contributed by atoms with van der Waals surface area (Å²) in [5.41, 5.74) is 4.42. The normalized spacial score (nSPS) is 18.9. The van der Waals surface area contributed by atoms with Gasteiger partial charge in [-0.15, -0.1) is 11.3 Å². The van der Waals surface area contributed by atoms with Crippen molar-refractivity contribution in [3.8, 4) is 0 Å². The Morgan fingerprint density at radius 3 is 2.39 bits per heavy atom. The number of nitrogens with one attached hydrogen (secondary N) is 2. The van der Waals surface area contributed by atoms with Gasteiger partial charge in [0.1, 0.15) is 0 Å². The Morgan fingerprint density at radius 1 is 1.16 bits per heavy atom. The summed E-state index contributed by atoms with van der Waals surface area (Å²) in [5.74, 6) is -0.111. The third-order valence-electron chi connectivity index (χ3n) is 6.63. The number of anilines is 1. The first kappa shape index (κ1) is 23.5. The number of aromatic nitrogens is 1. The highest BCUT2D eigenvalue weighted by atomic mass is 32.1. The van der Waals surface area contributed by atoms with E-state index in [9.17, 15) is 9.59 Å². The maximum Gasteiger partial charge on any atom is 0.261 e. The van der Waals surface area contributed by atoms with Crippen molar-refractivity contribution in [1.82, 2.24) is 15.2 Å². The first-order valence-corrected chi connectivity index (χ1v) is 12.1. The average Bonchev–Trinajstić information content (AvgIpc) is 3.09. The second kappa shape index (κ2) is 10.0. The largest absolute Gasteiger partial charge is 0.368 e. The van der Waals surface area contributed by atoms with Gasteiger partial charge in [0.25, 0.3) is 11.5 Å². The van der Waals surface area contributed by atoms with Gasteiger partial charge in [-0.3, -0.25) is 9.59 Å². The van der Waals surface area contributed by atoms with Gasteiger partial charge in [-0.25, -0.2) is 0 Å². The minimum absolute atomic E-state index is 0.111. The lowest BCUT2D eigenvalue weighted by Gasteiger charge is -2.39. The van der Waals surface area contributed by atoms with Gasteiger partial charge in [0.05, 0.1) is 10.6 Å². The molecule has 2 aromatic heterocycles. The van der Waals surface area contributed by atoms with E-state index in [1.165, 1.54) is 42.7 Å². The minimum Gasteiger partial charge on any atom is -0.368 e. The molecule has 0 aliphatic heterocycles. The van der Waals surface area contributed by atoms with Crippen LogP contribution in [0.2, 0.25) is 0 Å². The number of nitrogens with zero attached hydrogens (tertiary/aromatic N) is 2. The lowest BCUT2D eigenvalue weighted by Crippen LogP contribution is -2.42. The standard InChI is InChI=1S/C24H36N4O2S/c1-7-28(19-10-8-18(9-11-19)27(5)6)21-14-31-22(17(21)4)24(30)25-13-20-15(2)12-16(3)26-23(20)29/h12,14,18-19H,7-11,13H2,1-6H3,(H,25,30)(H,26,29)/t18-,19-. The molecule has 3 rings (SSSR count). The molecule has 2 aromatic rings. The van der Waals surface area contributed by atoms with Gasteiger partial charge in [-0.1, -0.05) is 0 Å². The van der Waals surface area contributed by atoms with Crippen molar-refractivity contribution in [3.63, 3.8) is 0 Å². The predicted octanol–water partition coefficient (Wildman–Crippen LogP) is 3.99. The van der Waals surface area contributed by atoms with Crippen LogP contribution in [0.25, 0.3) is 0 Å². The SMILES string of the molecule is CCN(c1csc(C(=O)NCc2c(C)cc(C)[nH]c2=O)c1C)[C@H]1CC[C@H](N(C)C)CC1. The van der Waals surface area contributed by atoms with Crippen LogP contribution < -0.4 is 15.8 Å². The summed E-state index contributed by atoms with van der Waals surface area (Å²) in [5, 5.41) is 5.07. The zero-order valence-corrected chi connectivity index (χ0v) is 20.5. The lowest BCUT2D eigenvalue weighted by molar-refractivity contribution is 0.0954. The van der Waals surface area contributed by atoms with Gasteiger partial charge in [-0.2, -0.15) is 0 Å². The Morgan fingerprint density at radius 2 is 1.81 bits per heavy atom. The Labute approximate surface area is 189 Å². The van der Waals surface area contributed by atoms with Crippen LogP contribution >= 0.6 is 11.3 Å². The number of H-pyrrole nitrogens is 1. The zero-order chi connectivity index (χ0) is 22.7. The lowest BCUT2D eigenvalue weighted by atomic mass is 9.89. The van der Waals surface area contributed by atoms with E-state index in [1.807, 2.05) is 26.8 Å². The van der Waals surface area contributed by atoms with E-state index in [0.717, 1.165) is 28.2 Å². The van der Waals surface area contributed by atoms with Gasteiger partial charge < -0.3 is 20.1 Å². The summed E-state index contributed by atoms with van der Waals surface area (Å²) in [6.07, 6.45) is 4.80. The Hall–Kier alpha value is -2.12. The van der Waals surface area contributed by atoms with Crippen molar-refractivity contribution in [1.29, 1.82) is 0 Å². The maximum atomic E-state index is 12.9. The Balaban J connectivity index is 1.70. The molecule has 1 aliphatic rings. The fourth-order valence-corrected chi connectivity index (χ4v) is 5.78. The van der Waals surface area contributed by atoms with Crippen LogP contribution in [0.4, 0.5) is 5.69 Å². The van der Waals surface area contributed by atoms with Gasteiger partial charge >= 0.3 is 0 Å². The van der Waals surface area contributed by atoms with Crippen LogP contribution in [0.5, 0.6) is 0 Å². The van der Waals surface area contributed by atoms with E-state index in [4.69, 9.17) is 0 Å². The van der Waals surface area contributed by atoms with Crippen molar-refractivity contribution < 1.29 is 4.79 Å². The molecule has 6 nitrogen and oxygen atoms in total. The number of amides is 1. The highest BCUT2D eigenvalue weighted by Gasteiger charge is 2.28. The van der Waals surface area contributed by atoms with E-state index < -0.39 is 0 Å². The van der Waals surface area contributed by atoms with Gasteiger partial charge in [0, 0.05) is 41.8 Å². The monoisotopic (exact) mass is 444 g/mol. The Kier molecular flexibility index (Phi) is 7.59. The van der Waals surface area contributed by atoms with Crippen LogP contribution in [0.15, 0.2) is 16.2 Å². The predicted molar refractivity (Wildman–Crippen MR) is 130 cm³/mol. The molecule has 170 valence electrons. The fraction of sp³-hybridized carbons (Fsp3) is 0.583. The molecule has 0 atom stereocenters. The second-order valence-corrected chi connectivity index (χ2v) is 9.79. The van der Waals surface area contributed by atoms with E-state index in [1.54, 1.807) is 0 Å².